The quantitative estimate of drug-likeness (QED) is 0.795. The molecule has 1 saturated carbocycles. The fourth-order valence-electron chi connectivity index (χ4n) is 2.15. The Kier molecular flexibility index (Phi) is 3.96. The number of nitrogens with zero attached hydrogens (tertiary/aromatic N) is 2. The van der Waals surface area contributed by atoms with E-state index in [2.05, 4.69) is 30.3 Å². The predicted molar refractivity (Wildman–Crippen MR) is 63.2 cm³/mol. The molecule has 0 bridgehead atoms. The highest BCUT2D eigenvalue weighted by Gasteiger charge is 2.28. The lowest BCUT2D eigenvalue weighted by atomic mass is 9.89. The average Bonchev–Trinajstić information content (AvgIpc) is 2.68. The molecule has 0 aromatic carbocycles. The zero-order chi connectivity index (χ0) is 11.4. The normalized spacial score (nSPS) is 24.4. The van der Waals surface area contributed by atoms with Crippen molar-refractivity contribution in [2.75, 3.05) is 6.61 Å². The van der Waals surface area contributed by atoms with Gasteiger partial charge in [0.2, 0.25) is 0 Å². The molecule has 1 heterocycles. The van der Waals surface area contributed by atoms with Crippen LogP contribution in [0.25, 0.3) is 0 Å². The van der Waals surface area contributed by atoms with Gasteiger partial charge in [0, 0.05) is 31.9 Å². The largest absolute Gasteiger partial charge is 0.378 e. The average molecular weight is 223 g/mol. The van der Waals surface area contributed by atoms with E-state index in [1.807, 2.05) is 10.9 Å². The molecule has 0 saturated heterocycles. The van der Waals surface area contributed by atoms with Crippen LogP contribution in [0.3, 0.4) is 0 Å². The van der Waals surface area contributed by atoms with Crippen molar-refractivity contribution >= 4 is 0 Å². The number of hydrogen-bond donors (Lipinski definition) is 1. The van der Waals surface area contributed by atoms with Gasteiger partial charge in [0.1, 0.15) is 0 Å². The second-order valence-corrected chi connectivity index (χ2v) is 4.26. The van der Waals surface area contributed by atoms with Gasteiger partial charge in [0.05, 0.1) is 11.8 Å². The number of hydrogen-bond acceptors (Lipinski definition) is 3. The second-order valence-electron chi connectivity index (χ2n) is 4.26. The Hall–Kier alpha value is -0.870. The maximum absolute atomic E-state index is 5.53. The molecule has 0 amide bonds. The lowest BCUT2D eigenvalue weighted by Gasteiger charge is -2.35. The van der Waals surface area contributed by atoms with Gasteiger partial charge in [-0.3, -0.25) is 4.68 Å². The Labute approximate surface area is 97.0 Å². The van der Waals surface area contributed by atoms with Crippen molar-refractivity contribution in [3.8, 4) is 0 Å². The van der Waals surface area contributed by atoms with E-state index in [0.29, 0.717) is 12.1 Å². The first-order chi connectivity index (χ1) is 7.83. The van der Waals surface area contributed by atoms with Gasteiger partial charge in [0.15, 0.2) is 0 Å². The van der Waals surface area contributed by atoms with Crippen LogP contribution in [-0.4, -0.2) is 28.5 Å². The molecule has 90 valence electrons. The van der Waals surface area contributed by atoms with Crippen LogP contribution in [0.1, 0.15) is 32.4 Å². The first kappa shape index (κ1) is 11.6. The van der Waals surface area contributed by atoms with Crippen LogP contribution < -0.4 is 5.32 Å². The first-order valence-electron chi connectivity index (χ1n) is 6.19. The van der Waals surface area contributed by atoms with Gasteiger partial charge in [-0.05, 0) is 32.8 Å². The standard InChI is InChI=1S/C12H21N3O/c1-3-15-11(5-6-14-15)9-13-10-7-12(8-10)16-4-2/h5-6,10,12-13H,3-4,7-9H2,1-2H3. The van der Waals surface area contributed by atoms with Crippen LogP contribution in [-0.2, 0) is 17.8 Å². The third kappa shape index (κ3) is 2.62. The summed E-state index contributed by atoms with van der Waals surface area (Å²) in [6.07, 6.45) is 4.64. The molecule has 1 aromatic rings. The molecular formula is C12H21N3O. The Balaban J connectivity index is 1.69. The van der Waals surface area contributed by atoms with Gasteiger partial charge in [0.25, 0.3) is 0 Å². The van der Waals surface area contributed by atoms with Crippen molar-refractivity contribution in [1.82, 2.24) is 15.1 Å². The zero-order valence-corrected chi connectivity index (χ0v) is 10.1. The van der Waals surface area contributed by atoms with Crippen molar-refractivity contribution in [2.45, 2.75) is 51.9 Å². The summed E-state index contributed by atoms with van der Waals surface area (Å²) in [5, 5.41) is 7.80. The summed E-state index contributed by atoms with van der Waals surface area (Å²) in [6, 6.07) is 2.70. The van der Waals surface area contributed by atoms with Crippen molar-refractivity contribution in [1.29, 1.82) is 0 Å². The minimum absolute atomic E-state index is 0.485. The number of rotatable bonds is 6. The lowest BCUT2D eigenvalue weighted by Crippen LogP contribution is -2.45. The van der Waals surface area contributed by atoms with E-state index in [-0.39, 0.29) is 0 Å². The fraction of sp³-hybridized carbons (Fsp3) is 0.750. The molecule has 0 spiro atoms. The summed E-state index contributed by atoms with van der Waals surface area (Å²) in [6.45, 7) is 6.86. The molecule has 0 unspecified atom stereocenters. The van der Waals surface area contributed by atoms with Gasteiger partial charge < -0.3 is 10.1 Å². The molecule has 0 atom stereocenters. The van der Waals surface area contributed by atoms with Crippen molar-refractivity contribution in [3.05, 3.63) is 18.0 Å². The molecule has 1 aliphatic carbocycles. The van der Waals surface area contributed by atoms with Gasteiger partial charge >= 0.3 is 0 Å². The zero-order valence-electron chi connectivity index (χ0n) is 10.1. The summed E-state index contributed by atoms with van der Waals surface area (Å²) in [5.74, 6) is 0. The van der Waals surface area contributed by atoms with Crippen LogP contribution in [0.5, 0.6) is 0 Å². The maximum atomic E-state index is 5.53. The first-order valence-corrected chi connectivity index (χ1v) is 6.19. The van der Waals surface area contributed by atoms with Crippen LogP contribution in [0, 0.1) is 0 Å². The molecule has 1 N–H and O–H groups in total. The lowest BCUT2D eigenvalue weighted by molar-refractivity contribution is -0.0103. The van der Waals surface area contributed by atoms with E-state index in [9.17, 15) is 0 Å². The summed E-state index contributed by atoms with van der Waals surface area (Å²) in [4.78, 5) is 0. The Morgan fingerprint density at radius 3 is 3.00 bits per heavy atom. The van der Waals surface area contributed by atoms with Gasteiger partial charge in [-0.15, -0.1) is 0 Å². The van der Waals surface area contributed by atoms with Crippen LogP contribution in [0.2, 0.25) is 0 Å². The topological polar surface area (TPSA) is 39.1 Å². The molecule has 0 radical (unpaired) electrons. The van der Waals surface area contributed by atoms with Gasteiger partial charge in [-0.25, -0.2) is 0 Å². The SMILES string of the molecule is CCOC1CC(NCc2ccnn2CC)C1. The molecular weight excluding hydrogens is 202 g/mol. The molecule has 2 rings (SSSR count). The predicted octanol–water partition coefficient (Wildman–Crippen LogP) is 1.56. The number of nitrogens with one attached hydrogen (secondary N) is 1. The molecule has 1 aromatic heterocycles. The van der Waals surface area contributed by atoms with Crippen LogP contribution in [0.4, 0.5) is 0 Å². The number of ether oxygens (including phenoxy) is 1. The molecule has 4 heteroatoms. The van der Waals surface area contributed by atoms with E-state index in [0.717, 1.165) is 32.5 Å². The highest BCUT2D eigenvalue weighted by Crippen LogP contribution is 2.23. The van der Waals surface area contributed by atoms with Gasteiger partial charge in [-0.1, -0.05) is 0 Å². The summed E-state index contributed by atoms with van der Waals surface area (Å²) in [5.41, 5.74) is 1.27. The Bertz CT molecular complexity index is 318. The van der Waals surface area contributed by atoms with Crippen molar-refractivity contribution in [3.63, 3.8) is 0 Å². The summed E-state index contributed by atoms with van der Waals surface area (Å²) in [7, 11) is 0. The van der Waals surface area contributed by atoms with E-state index in [1.54, 1.807) is 0 Å². The van der Waals surface area contributed by atoms with E-state index < -0.39 is 0 Å². The minimum Gasteiger partial charge on any atom is -0.378 e. The third-order valence-corrected chi connectivity index (χ3v) is 3.17. The second kappa shape index (κ2) is 5.46. The van der Waals surface area contributed by atoms with E-state index in [4.69, 9.17) is 4.74 Å². The highest BCUT2D eigenvalue weighted by molar-refractivity contribution is 5.01. The highest BCUT2D eigenvalue weighted by atomic mass is 16.5. The van der Waals surface area contributed by atoms with Crippen LogP contribution in [0.15, 0.2) is 12.3 Å². The Morgan fingerprint density at radius 2 is 2.31 bits per heavy atom. The molecule has 16 heavy (non-hydrogen) atoms. The van der Waals surface area contributed by atoms with E-state index in [1.165, 1.54) is 5.69 Å². The fourth-order valence-corrected chi connectivity index (χ4v) is 2.15. The third-order valence-electron chi connectivity index (χ3n) is 3.17. The van der Waals surface area contributed by atoms with Crippen molar-refractivity contribution in [2.24, 2.45) is 0 Å². The monoisotopic (exact) mass is 223 g/mol. The molecule has 1 aliphatic rings. The van der Waals surface area contributed by atoms with E-state index >= 15 is 0 Å². The van der Waals surface area contributed by atoms with Gasteiger partial charge in [-0.2, -0.15) is 5.10 Å². The summed E-state index contributed by atoms with van der Waals surface area (Å²) >= 11 is 0. The number of aromatic nitrogens is 2. The van der Waals surface area contributed by atoms with Crippen molar-refractivity contribution < 1.29 is 4.74 Å². The Morgan fingerprint density at radius 1 is 1.50 bits per heavy atom. The smallest absolute Gasteiger partial charge is 0.0604 e. The molecule has 1 fully saturated rings. The minimum atomic E-state index is 0.485. The molecule has 4 nitrogen and oxygen atoms in total. The molecule has 0 aliphatic heterocycles. The van der Waals surface area contributed by atoms with Crippen LogP contribution >= 0.6 is 0 Å². The maximum Gasteiger partial charge on any atom is 0.0604 e. The summed E-state index contributed by atoms with van der Waals surface area (Å²) < 4.78 is 7.57. The number of aryl methyl sites for hydroxylation is 1.